The zero-order chi connectivity index (χ0) is 42.1. The van der Waals surface area contributed by atoms with Crippen molar-refractivity contribution in [3.63, 3.8) is 0 Å². The molecule has 13 rings (SSSR count). The van der Waals surface area contributed by atoms with Gasteiger partial charge in [-0.3, -0.25) is 0 Å². The van der Waals surface area contributed by atoms with Gasteiger partial charge in [-0.2, -0.15) is 10.0 Å². The zero-order valence-corrected chi connectivity index (χ0v) is 37.8. The van der Waals surface area contributed by atoms with E-state index in [1.54, 1.807) is 0 Å². The van der Waals surface area contributed by atoms with E-state index in [1.807, 2.05) is 0 Å². The van der Waals surface area contributed by atoms with Crippen LogP contribution >= 0.6 is 10.0 Å². The Bertz CT molecular complexity index is 2660. The molecular formula is C60H60N2S. The van der Waals surface area contributed by atoms with E-state index in [1.165, 1.54) is 136 Å². The number of rotatable bonds is 9. The largest absolute Gasteiger partial charge is 0.311 e. The number of anilines is 6. The van der Waals surface area contributed by atoms with Crippen LogP contribution in [0.3, 0.4) is 0 Å². The van der Waals surface area contributed by atoms with E-state index in [9.17, 15) is 0 Å². The topological polar surface area (TPSA) is 6.48 Å². The zero-order valence-electron chi connectivity index (χ0n) is 37.0. The van der Waals surface area contributed by atoms with Gasteiger partial charge in [-0.15, -0.1) is 0 Å². The van der Waals surface area contributed by atoms with Crippen molar-refractivity contribution in [2.24, 2.45) is 23.7 Å². The maximum atomic E-state index is 2.55. The van der Waals surface area contributed by atoms with Crippen LogP contribution in [-0.2, 0) is 5.41 Å². The monoisotopic (exact) mass is 840 g/mol. The summed E-state index contributed by atoms with van der Waals surface area (Å²) in [4.78, 5) is 7.95. The molecule has 7 aromatic carbocycles. The second-order valence-corrected chi connectivity index (χ2v) is 23.6. The minimum atomic E-state index is -1.15. The molecule has 5 fully saturated rings. The summed E-state index contributed by atoms with van der Waals surface area (Å²) in [5.41, 5.74) is 14.7. The summed E-state index contributed by atoms with van der Waals surface area (Å²) in [6.07, 6.45) is 18.6. The van der Waals surface area contributed by atoms with Crippen molar-refractivity contribution < 1.29 is 0 Å². The fourth-order valence-corrected chi connectivity index (χ4v) is 16.3. The van der Waals surface area contributed by atoms with Crippen LogP contribution in [0.4, 0.5) is 34.1 Å². The maximum absolute atomic E-state index is 2.55. The van der Waals surface area contributed by atoms with Gasteiger partial charge < -0.3 is 9.80 Å². The van der Waals surface area contributed by atoms with Gasteiger partial charge in [0.05, 0.1) is 0 Å². The Balaban J connectivity index is 0.953. The molecule has 6 aliphatic rings. The Kier molecular flexibility index (Phi) is 9.70. The first kappa shape index (κ1) is 39.1. The number of nitrogens with zero attached hydrogens (tertiary/aromatic N) is 2. The number of fused-ring (bicyclic) bond motifs is 3. The Hall–Kier alpha value is -5.51. The third-order valence-corrected chi connectivity index (χ3v) is 19.3. The lowest BCUT2D eigenvalue weighted by Crippen LogP contribution is -2.56. The van der Waals surface area contributed by atoms with E-state index in [4.69, 9.17) is 0 Å². The maximum Gasteiger partial charge on any atom is 0.0472 e. The second-order valence-electron chi connectivity index (χ2n) is 20.0. The third-order valence-electron chi connectivity index (χ3n) is 16.4. The fraction of sp³-hybridized carbons (Fsp3) is 0.300. The van der Waals surface area contributed by atoms with Crippen molar-refractivity contribution in [2.45, 2.75) is 85.3 Å². The average Bonchev–Trinajstić information content (AvgIpc) is 3.56. The summed E-state index contributed by atoms with van der Waals surface area (Å²) in [7, 11) is -1.15. The van der Waals surface area contributed by atoms with Crippen LogP contribution in [0.1, 0.15) is 86.8 Å². The molecule has 0 aromatic heterocycles. The molecule has 0 radical (unpaired) electrons. The molecule has 3 heteroatoms. The first-order valence-corrected chi connectivity index (χ1v) is 26.4. The van der Waals surface area contributed by atoms with Gasteiger partial charge >= 0.3 is 0 Å². The Morgan fingerprint density at radius 2 is 0.857 bits per heavy atom. The van der Waals surface area contributed by atoms with Gasteiger partial charge in [-0.25, -0.2) is 0 Å². The fourth-order valence-electron chi connectivity index (χ4n) is 13.7. The minimum Gasteiger partial charge on any atom is -0.311 e. The van der Waals surface area contributed by atoms with Gasteiger partial charge in [0, 0.05) is 49.3 Å². The first-order valence-electron chi connectivity index (χ1n) is 23.9. The average molecular weight is 841 g/mol. The highest BCUT2D eigenvalue weighted by molar-refractivity contribution is 8.33. The highest BCUT2D eigenvalue weighted by Crippen LogP contribution is 2.68. The highest BCUT2D eigenvalue weighted by Gasteiger charge is 2.58. The van der Waals surface area contributed by atoms with Crippen LogP contribution in [0.25, 0.3) is 11.1 Å². The summed E-state index contributed by atoms with van der Waals surface area (Å²) in [5, 5.41) is 0. The number of benzene rings is 7. The van der Waals surface area contributed by atoms with Gasteiger partial charge in [0.2, 0.25) is 0 Å². The molecule has 63 heavy (non-hydrogen) atoms. The lowest BCUT2D eigenvalue weighted by molar-refractivity contribution is -0.0418. The predicted molar refractivity (Wildman–Crippen MR) is 267 cm³/mol. The summed E-state index contributed by atoms with van der Waals surface area (Å²) in [6, 6.07) is 67.7. The molecule has 1 aliphatic heterocycles. The molecule has 0 atom stereocenters. The third kappa shape index (κ3) is 6.51. The summed E-state index contributed by atoms with van der Waals surface area (Å²) in [5.74, 6) is 3.79. The Labute approximate surface area is 377 Å². The van der Waals surface area contributed by atoms with Crippen molar-refractivity contribution in [1.29, 1.82) is 0 Å². The number of hydrogen-bond acceptors (Lipinski definition) is 2. The quantitative estimate of drug-likeness (QED) is 0.143. The van der Waals surface area contributed by atoms with E-state index in [2.05, 4.69) is 198 Å². The summed E-state index contributed by atoms with van der Waals surface area (Å²) in [6.45, 7) is 0. The lowest BCUT2D eigenvalue weighted by Gasteiger charge is -2.62. The number of hydrogen-bond donors (Lipinski definition) is 0. The molecule has 0 spiro atoms. The van der Waals surface area contributed by atoms with Crippen LogP contribution in [-0.4, -0.2) is 12.5 Å². The first-order chi connectivity index (χ1) is 30.9. The van der Waals surface area contributed by atoms with Crippen molar-refractivity contribution >= 4 is 44.2 Å². The molecule has 0 N–H and O–H groups in total. The molecule has 0 unspecified atom stereocenters. The van der Waals surface area contributed by atoms with Gasteiger partial charge in [0.25, 0.3) is 0 Å². The molecule has 7 aromatic rings. The lowest BCUT2D eigenvalue weighted by atomic mass is 9.42. The van der Waals surface area contributed by atoms with Gasteiger partial charge in [0.15, 0.2) is 0 Å². The molecule has 4 bridgehead atoms. The molecular weight excluding hydrogens is 781 g/mol. The van der Waals surface area contributed by atoms with Crippen LogP contribution in [0.2, 0.25) is 0 Å². The number of para-hydroxylation sites is 2. The molecule has 0 amide bonds. The summed E-state index contributed by atoms with van der Waals surface area (Å²) < 4.78 is 0. The molecule has 2 nitrogen and oxygen atoms in total. The van der Waals surface area contributed by atoms with Gasteiger partial charge in [-0.1, -0.05) is 116 Å². The molecule has 1 heterocycles. The van der Waals surface area contributed by atoms with Gasteiger partial charge in [0.1, 0.15) is 0 Å². The van der Waals surface area contributed by atoms with Crippen molar-refractivity contribution in [1.82, 2.24) is 0 Å². The van der Waals surface area contributed by atoms with Crippen molar-refractivity contribution in [3.8, 4) is 11.1 Å². The highest BCUT2D eigenvalue weighted by atomic mass is 32.3. The second kappa shape index (κ2) is 15.6. The molecule has 5 saturated carbocycles. The van der Waals surface area contributed by atoms with Crippen LogP contribution in [0.5, 0.6) is 0 Å². The minimum absolute atomic E-state index is 0.00795. The Morgan fingerprint density at radius 1 is 0.413 bits per heavy atom. The van der Waals surface area contributed by atoms with E-state index in [0.29, 0.717) is 17.8 Å². The van der Waals surface area contributed by atoms with Crippen LogP contribution in [0, 0.1) is 23.7 Å². The smallest absolute Gasteiger partial charge is 0.0472 e. The van der Waals surface area contributed by atoms with E-state index < -0.39 is 10.0 Å². The van der Waals surface area contributed by atoms with Crippen molar-refractivity contribution in [2.75, 3.05) is 22.3 Å². The predicted octanol–water partition coefficient (Wildman–Crippen LogP) is 16.9. The van der Waals surface area contributed by atoms with Gasteiger partial charge in [-0.05, 0) is 194 Å². The standard InChI is InChI=1S/C60H60N2S/c1-63(2)58-21-13-12-20-56(58)57-35-34-55(41-59(57)63)62(52-28-22-45(23-29-52)44-14-6-3-7-15-44)54-32-26-47(27-33-54)60(48-37-42-36-43(39-48)40-49(60)38-42)46-24-30-53(31-25-46)61(50-16-8-4-9-17-50)51-18-10-5-11-19-51/h4-5,8-13,16-35,41-44,48-49H,3,6-7,14-15,36-40H2,1-2H3. The normalized spacial score (nSPS) is 24.7. The molecule has 5 aliphatic carbocycles. The Morgan fingerprint density at radius 3 is 1.41 bits per heavy atom. The van der Waals surface area contributed by atoms with E-state index in [0.717, 1.165) is 11.8 Å². The van der Waals surface area contributed by atoms with Crippen molar-refractivity contribution in [3.05, 3.63) is 193 Å². The van der Waals surface area contributed by atoms with E-state index in [-0.39, 0.29) is 5.41 Å². The van der Waals surface area contributed by atoms with Crippen LogP contribution in [0.15, 0.2) is 186 Å². The van der Waals surface area contributed by atoms with E-state index >= 15 is 0 Å². The molecule has 0 saturated heterocycles. The van der Waals surface area contributed by atoms with Crippen LogP contribution < -0.4 is 9.80 Å². The summed E-state index contributed by atoms with van der Waals surface area (Å²) >= 11 is 0. The molecule has 316 valence electrons. The SMILES string of the molecule is CS1(C)c2ccccc2-c2ccc(N(c3ccc(C4CCCCC4)cc3)c3ccc(C4(c5ccc(N(c6ccccc6)c6ccccc6)cc5)C5CC6CC(C5)CC4C6)cc3)cc21.